The van der Waals surface area contributed by atoms with Crippen LogP contribution in [0.3, 0.4) is 0 Å². The summed E-state index contributed by atoms with van der Waals surface area (Å²) >= 11 is 0. The zero-order chi connectivity index (χ0) is 30.0. The lowest BCUT2D eigenvalue weighted by atomic mass is 9.83. The first-order valence-corrected chi connectivity index (χ1v) is 13.8. The molecule has 3 amide bonds. The first-order valence-electron chi connectivity index (χ1n) is 13.8. The number of likely N-dealkylation sites (tertiary alicyclic amines) is 1. The predicted octanol–water partition coefficient (Wildman–Crippen LogP) is 3.86. The molecule has 218 valence electrons. The number of hydrogen-bond acceptors (Lipinski definition) is 6. The minimum Gasteiger partial charge on any atom is -0.478 e. The summed E-state index contributed by atoms with van der Waals surface area (Å²) in [5.41, 5.74) is 1.60. The number of piperidine rings is 1. The minimum atomic E-state index is -1.26. The lowest BCUT2D eigenvalue weighted by molar-refractivity contribution is -0.134. The lowest BCUT2D eigenvalue weighted by Crippen LogP contribution is -2.45. The van der Waals surface area contributed by atoms with Crippen LogP contribution >= 0.6 is 0 Å². The normalized spacial score (nSPS) is 19.3. The third kappa shape index (κ3) is 7.27. The number of rotatable bonds is 9. The predicted molar refractivity (Wildman–Crippen MR) is 156 cm³/mol. The van der Waals surface area contributed by atoms with Gasteiger partial charge < -0.3 is 20.4 Å². The molecule has 2 aromatic carbocycles. The molecule has 2 aliphatic heterocycles. The molecule has 5 rings (SSSR count). The summed E-state index contributed by atoms with van der Waals surface area (Å²) in [6.45, 7) is 3.37. The molecule has 2 fully saturated rings. The standard InChI is InChI=1S/C28H30N4O2.C4H4O4/c33-26-28(24-11-5-2-6-12-24,25-13-7-16-29-21-25)30-27(34)32(26)18-8-17-31-19-14-23(15-20-31)22-9-3-1-4-10-22;5-3(6)1-2-4(7)8/h1-7,9-13,16,21,23H,8,14-15,17-20H2,(H,30,34);1-2H,(H,5,6)(H,7,8). The van der Waals surface area contributed by atoms with Crippen LogP contribution in [0.15, 0.2) is 97.3 Å². The molecule has 2 saturated heterocycles. The van der Waals surface area contributed by atoms with Gasteiger partial charge in [0, 0.05) is 36.7 Å². The van der Waals surface area contributed by atoms with E-state index in [-0.39, 0.29) is 11.9 Å². The van der Waals surface area contributed by atoms with Crippen molar-refractivity contribution in [1.29, 1.82) is 0 Å². The van der Waals surface area contributed by atoms with Crippen LogP contribution in [0.4, 0.5) is 4.79 Å². The van der Waals surface area contributed by atoms with E-state index in [9.17, 15) is 19.2 Å². The lowest BCUT2D eigenvalue weighted by Gasteiger charge is -2.32. The van der Waals surface area contributed by atoms with E-state index in [1.807, 2.05) is 36.4 Å². The summed E-state index contributed by atoms with van der Waals surface area (Å²) in [6.07, 6.45) is 7.49. The Hall–Kier alpha value is -4.83. The van der Waals surface area contributed by atoms with E-state index in [0.717, 1.165) is 44.5 Å². The molecule has 3 N–H and O–H groups in total. The maximum Gasteiger partial charge on any atom is 0.328 e. The highest BCUT2D eigenvalue weighted by Gasteiger charge is 2.53. The molecule has 3 aromatic rings. The zero-order valence-corrected chi connectivity index (χ0v) is 23.1. The average molecular weight is 571 g/mol. The number of amides is 3. The summed E-state index contributed by atoms with van der Waals surface area (Å²) in [7, 11) is 0. The molecule has 0 saturated carbocycles. The highest BCUT2D eigenvalue weighted by Crippen LogP contribution is 2.36. The number of aliphatic carboxylic acids is 2. The third-order valence-corrected chi connectivity index (χ3v) is 7.49. The van der Waals surface area contributed by atoms with Gasteiger partial charge in [-0.3, -0.25) is 14.7 Å². The molecule has 1 atom stereocenters. The van der Waals surface area contributed by atoms with Gasteiger partial charge in [0.05, 0.1) is 0 Å². The fourth-order valence-electron chi connectivity index (χ4n) is 5.42. The Morgan fingerprint density at radius 3 is 2.02 bits per heavy atom. The Morgan fingerprint density at radius 2 is 1.45 bits per heavy atom. The van der Waals surface area contributed by atoms with E-state index in [1.165, 1.54) is 10.5 Å². The summed E-state index contributed by atoms with van der Waals surface area (Å²) < 4.78 is 0. The van der Waals surface area contributed by atoms with Gasteiger partial charge in [0.1, 0.15) is 0 Å². The van der Waals surface area contributed by atoms with Gasteiger partial charge >= 0.3 is 18.0 Å². The molecule has 1 aromatic heterocycles. The first kappa shape index (κ1) is 30.1. The van der Waals surface area contributed by atoms with Gasteiger partial charge in [0.25, 0.3) is 5.91 Å². The van der Waals surface area contributed by atoms with Gasteiger partial charge in [0.2, 0.25) is 0 Å². The highest BCUT2D eigenvalue weighted by molar-refractivity contribution is 6.09. The van der Waals surface area contributed by atoms with Crippen LogP contribution in [-0.2, 0) is 19.9 Å². The Balaban J connectivity index is 0.000000446. The van der Waals surface area contributed by atoms with Gasteiger partial charge in [0.15, 0.2) is 5.54 Å². The summed E-state index contributed by atoms with van der Waals surface area (Å²) in [4.78, 5) is 53.8. The number of imide groups is 1. The van der Waals surface area contributed by atoms with Crippen molar-refractivity contribution in [3.63, 3.8) is 0 Å². The summed E-state index contributed by atoms with van der Waals surface area (Å²) in [6, 6.07) is 23.5. The maximum absolute atomic E-state index is 13.7. The van der Waals surface area contributed by atoms with Gasteiger partial charge in [-0.25, -0.2) is 14.4 Å². The van der Waals surface area contributed by atoms with Gasteiger partial charge in [-0.15, -0.1) is 0 Å². The van der Waals surface area contributed by atoms with Gasteiger partial charge in [-0.2, -0.15) is 0 Å². The fourth-order valence-corrected chi connectivity index (χ4v) is 5.42. The number of carbonyl (C=O) groups excluding carboxylic acids is 2. The number of urea groups is 1. The van der Waals surface area contributed by atoms with E-state index in [1.54, 1.807) is 18.5 Å². The molecule has 2 aliphatic rings. The van der Waals surface area contributed by atoms with Crippen LogP contribution in [-0.4, -0.2) is 75.1 Å². The second-order valence-corrected chi connectivity index (χ2v) is 10.1. The molecule has 0 bridgehead atoms. The minimum absolute atomic E-state index is 0.237. The van der Waals surface area contributed by atoms with Crippen molar-refractivity contribution < 1.29 is 29.4 Å². The van der Waals surface area contributed by atoms with Crippen molar-refractivity contribution in [3.8, 4) is 0 Å². The molecule has 3 heterocycles. The fraction of sp³-hybridized carbons (Fsp3) is 0.281. The van der Waals surface area contributed by atoms with E-state index in [2.05, 4.69) is 45.5 Å². The quantitative estimate of drug-likeness (QED) is 0.260. The molecular formula is C32H34N4O6. The van der Waals surface area contributed by atoms with Crippen LogP contribution in [0.5, 0.6) is 0 Å². The SMILES string of the molecule is O=C(O)C=CC(=O)O.O=C1NC(c2ccccc2)(c2cccnc2)C(=O)N1CCCN1CCC(c2ccccc2)CC1. The number of aromatic nitrogens is 1. The Morgan fingerprint density at radius 1 is 0.857 bits per heavy atom. The second-order valence-electron chi connectivity index (χ2n) is 10.1. The monoisotopic (exact) mass is 570 g/mol. The van der Waals surface area contributed by atoms with Crippen LogP contribution in [0.25, 0.3) is 0 Å². The number of hydrogen-bond donors (Lipinski definition) is 3. The molecule has 42 heavy (non-hydrogen) atoms. The average Bonchev–Trinajstić information content (AvgIpc) is 3.28. The number of nitrogens with one attached hydrogen (secondary N) is 1. The molecular weight excluding hydrogens is 536 g/mol. The van der Waals surface area contributed by atoms with Crippen molar-refractivity contribution >= 4 is 23.9 Å². The first-order chi connectivity index (χ1) is 20.3. The Bertz CT molecular complexity index is 1330. The van der Waals surface area contributed by atoms with Crippen LogP contribution in [0, 0.1) is 0 Å². The zero-order valence-electron chi connectivity index (χ0n) is 23.1. The highest BCUT2D eigenvalue weighted by atomic mass is 16.4. The van der Waals surface area contributed by atoms with Gasteiger partial charge in [-0.1, -0.05) is 66.7 Å². The number of benzene rings is 2. The number of nitrogens with zero attached hydrogens (tertiary/aromatic N) is 3. The number of pyridine rings is 1. The molecule has 10 nitrogen and oxygen atoms in total. The molecule has 0 spiro atoms. The molecule has 0 radical (unpaired) electrons. The summed E-state index contributed by atoms with van der Waals surface area (Å²) in [5.74, 6) is -2.13. The topological polar surface area (TPSA) is 140 Å². The van der Waals surface area contributed by atoms with Crippen LogP contribution in [0.2, 0.25) is 0 Å². The Kier molecular flexibility index (Phi) is 10.2. The van der Waals surface area contributed by atoms with E-state index in [0.29, 0.717) is 30.2 Å². The smallest absolute Gasteiger partial charge is 0.328 e. The second kappa shape index (κ2) is 14.2. The van der Waals surface area contributed by atoms with E-state index < -0.39 is 17.5 Å². The van der Waals surface area contributed by atoms with Crippen molar-refractivity contribution in [2.24, 2.45) is 0 Å². The summed E-state index contributed by atoms with van der Waals surface area (Å²) in [5, 5.41) is 18.6. The van der Waals surface area contributed by atoms with Crippen LogP contribution in [0.1, 0.15) is 41.9 Å². The van der Waals surface area contributed by atoms with Crippen molar-refractivity contribution in [3.05, 3.63) is 114 Å². The molecule has 10 heteroatoms. The maximum atomic E-state index is 13.7. The van der Waals surface area contributed by atoms with Gasteiger partial charge in [-0.05, 0) is 62.0 Å². The number of carboxylic acid groups (broad SMARTS) is 2. The number of carboxylic acids is 2. The molecule has 0 aliphatic carbocycles. The largest absolute Gasteiger partial charge is 0.478 e. The van der Waals surface area contributed by atoms with Crippen molar-refractivity contribution in [1.82, 2.24) is 20.1 Å². The van der Waals surface area contributed by atoms with Crippen molar-refractivity contribution in [2.75, 3.05) is 26.2 Å². The van der Waals surface area contributed by atoms with Crippen LogP contribution < -0.4 is 5.32 Å². The van der Waals surface area contributed by atoms with Crippen molar-refractivity contribution in [2.45, 2.75) is 30.7 Å². The molecule has 1 unspecified atom stereocenters. The van der Waals surface area contributed by atoms with E-state index >= 15 is 0 Å². The number of carbonyl (C=O) groups is 4. The Labute approximate surface area is 244 Å². The third-order valence-electron chi connectivity index (χ3n) is 7.49. The van der Waals surface area contributed by atoms with E-state index in [4.69, 9.17) is 10.2 Å².